The lowest BCUT2D eigenvalue weighted by Gasteiger charge is -2.48. The number of carbonyl (C=O) groups is 2. The van der Waals surface area contributed by atoms with Crippen molar-refractivity contribution in [3.05, 3.63) is 35.9 Å². The van der Waals surface area contributed by atoms with Crippen LogP contribution in [-0.2, 0) is 16.1 Å². The Bertz CT molecular complexity index is 555. The topological polar surface area (TPSA) is 70.1 Å². The van der Waals surface area contributed by atoms with Crippen molar-refractivity contribution >= 4 is 12.4 Å². The molecule has 0 aliphatic carbocycles. The van der Waals surface area contributed by atoms with E-state index in [1.165, 1.54) is 10.5 Å². The Morgan fingerprint density at radius 2 is 2.00 bits per heavy atom. The first-order valence-corrected chi connectivity index (χ1v) is 7.97. The Morgan fingerprint density at radius 3 is 2.61 bits per heavy atom. The number of aldehydes is 1. The van der Waals surface area contributed by atoms with E-state index in [0.29, 0.717) is 32.5 Å². The molecule has 0 aromatic heterocycles. The van der Waals surface area contributed by atoms with E-state index in [1.807, 2.05) is 18.2 Å². The Morgan fingerprint density at radius 1 is 1.30 bits per heavy atom. The van der Waals surface area contributed by atoms with Gasteiger partial charge in [0.1, 0.15) is 12.4 Å². The van der Waals surface area contributed by atoms with Gasteiger partial charge in [0.2, 0.25) is 0 Å². The molecule has 1 N–H and O–H groups in total. The maximum atomic E-state index is 11.3. The fraction of sp³-hybridized carbons (Fsp3) is 0.529. The number of benzene rings is 1. The molecule has 2 aliphatic rings. The highest BCUT2D eigenvalue weighted by Crippen LogP contribution is 2.32. The second-order valence-electron chi connectivity index (χ2n) is 6.40. The van der Waals surface area contributed by atoms with Crippen LogP contribution in [0.25, 0.3) is 0 Å². The molecule has 124 valence electrons. The Hall–Kier alpha value is -1.92. The minimum absolute atomic E-state index is 0.412. The Kier molecular flexibility index (Phi) is 4.63. The van der Waals surface area contributed by atoms with E-state index in [4.69, 9.17) is 9.84 Å². The molecule has 6 heteroatoms. The lowest BCUT2D eigenvalue weighted by molar-refractivity contribution is -0.175. The highest BCUT2D eigenvalue weighted by Gasteiger charge is 2.43. The van der Waals surface area contributed by atoms with E-state index in [2.05, 4.69) is 17.0 Å². The van der Waals surface area contributed by atoms with Gasteiger partial charge in [-0.3, -0.25) is 4.90 Å². The second kappa shape index (κ2) is 6.68. The fourth-order valence-corrected chi connectivity index (χ4v) is 3.54. The molecular formula is C17H22N2O4. The van der Waals surface area contributed by atoms with Crippen LogP contribution in [0.5, 0.6) is 0 Å². The number of morpholine rings is 1. The molecule has 2 fully saturated rings. The molecule has 0 bridgehead atoms. The van der Waals surface area contributed by atoms with Crippen LogP contribution in [0.4, 0.5) is 4.79 Å². The van der Waals surface area contributed by atoms with Crippen molar-refractivity contribution < 1.29 is 19.4 Å². The number of ether oxygens (including phenoxy) is 1. The molecule has 2 aliphatic heterocycles. The lowest BCUT2D eigenvalue weighted by atomic mass is 9.88. The number of carboxylic acid groups (broad SMARTS) is 1. The van der Waals surface area contributed by atoms with Crippen LogP contribution < -0.4 is 0 Å². The molecule has 1 spiro atoms. The van der Waals surface area contributed by atoms with Crippen molar-refractivity contribution in [2.45, 2.75) is 31.1 Å². The summed E-state index contributed by atoms with van der Waals surface area (Å²) in [7, 11) is 0. The number of hydrogen-bond donors (Lipinski definition) is 1. The third-order valence-electron chi connectivity index (χ3n) is 4.70. The van der Waals surface area contributed by atoms with Crippen molar-refractivity contribution in [2.24, 2.45) is 0 Å². The molecular weight excluding hydrogens is 296 g/mol. The van der Waals surface area contributed by atoms with Crippen LogP contribution in [0.1, 0.15) is 18.4 Å². The summed E-state index contributed by atoms with van der Waals surface area (Å²) in [5.41, 5.74) is 0.794. The van der Waals surface area contributed by atoms with Crippen molar-refractivity contribution in [1.82, 2.24) is 9.80 Å². The Balaban J connectivity index is 1.69. The molecule has 1 amide bonds. The SMILES string of the molecule is O=CC1CN(Cc2ccccc2)CC2(CCN(C(=O)O)CC2)O1. The van der Waals surface area contributed by atoms with Crippen molar-refractivity contribution in [3.8, 4) is 0 Å². The quantitative estimate of drug-likeness (QED) is 0.857. The van der Waals surface area contributed by atoms with Gasteiger partial charge in [-0.05, 0) is 18.4 Å². The van der Waals surface area contributed by atoms with Gasteiger partial charge in [-0.1, -0.05) is 30.3 Å². The predicted octanol–water partition coefficient (Wildman–Crippen LogP) is 1.60. The summed E-state index contributed by atoms with van der Waals surface area (Å²) in [6.07, 6.45) is 0.805. The van der Waals surface area contributed by atoms with Gasteiger partial charge in [0.15, 0.2) is 0 Å². The van der Waals surface area contributed by atoms with E-state index in [9.17, 15) is 9.59 Å². The molecule has 1 atom stereocenters. The van der Waals surface area contributed by atoms with Gasteiger partial charge in [0.05, 0.1) is 5.60 Å². The average Bonchev–Trinajstić information content (AvgIpc) is 2.55. The van der Waals surface area contributed by atoms with Gasteiger partial charge in [0.25, 0.3) is 0 Å². The lowest BCUT2D eigenvalue weighted by Crippen LogP contribution is -2.60. The highest BCUT2D eigenvalue weighted by molar-refractivity contribution is 5.65. The number of likely N-dealkylation sites (tertiary alicyclic amines) is 1. The number of rotatable bonds is 3. The first-order valence-electron chi connectivity index (χ1n) is 7.97. The summed E-state index contributed by atoms with van der Waals surface area (Å²) in [6, 6.07) is 10.2. The third kappa shape index (κ3) is 3.71. The maximum Gasteiger partial charge on any atom is 0.407 e. The molecule has 0 saturated carbocycles. The molecule has 1 aromatic carbocycles. The minimum Gasteiger partial charge on any atom is -0.465 e. The zero-order valence-corrected chi connectivity index (χ0v) is 13.1. The number of hydrogen-bond acceptors (Lipinski definition) is 4. The maximum absolute atomic E-state index is 11.3. The molecule has 2 saturated heterocycles. The summed E-state index contributed by atoms with van der Waals surface area (Å²) < 4.78 is 6.03. The third-order valence-corrected chi connectivity index (χ3v) is 4.70. The molecule has 0 radical (unpaired) electrons. The second-order valence-corrected chi connectivity index (χ2v) is 6.40. The Labute approximate surface area is 135 Å². The summed E-state index contributed by atoms with van der Waals surface area (Å²) in [4.78, 5) is 26.0. The minimum atomic E-state index is -0.885. The predicted molar refractivity (Wildman–Crippen MR) is 84.2 cm³/mol. The molecule has 23 heavy (non-hydrogen) atoms. The van der Waals surface area contributed by atoms with Crippen LogP contribution in [0.15, 0.2) is 30.3 Å². The van der Waals surface area contributed by atoms with Crippen LogP contribution in [-0.4, -0.2) is 65.2 Å². The van der Waals surface area contributed by atoms with Crippen molar-refractivity contribution in [2.75, 3.05) is 26.2 Å². The summed E-state index contributed by atoms with van der Waals surface area (Å²) in [5, 5.41) is 9.09. The zero-order chi connectivity index (χ0) is 16.3. The molecule has 2 heterocycles. The van der Waals surface area contributed by atoms with Crippen LogP contribution in [0.2, 0.25) is 0 Å². The summed E-state index contributed by atoms with van der Waals surface area (Å²) in [6.45, 7) is 3.02. The van der Waals surface area contributed by atoms with E-state index >= 15 is 0 Å². The smallest absolute Gasteiger partial charge is 0.407 e. The van der Waals surface area contributed by atoms with Gasteiger partial charge in [-0.25, -0.2) is 4.79 Å². The first kappa shape index (κ1) is 16.0. The van der Waals surface area contributed by atoms with Crippen molar-refractivity contribution in [1.29, 1.82) is 0 Å². The summed E-state index contributed by atoms with van der Waals surface area (Å²) >= 11 is 0. The molecule has 1 aromatic rings. The number of carbonyl (C=O) groups excluding carboxylic acids is 1. The first-order chi connectivity index (χ1) is 11.1. The van der Waals surface area contributed by atoms with Gasteiger partial charge in [-0.2, -0.15) is 0 Å². The number of piperidine rings is 1. The normalized spacial score (nSPS) is 24.5. The van der Waals surface area contributed by atoms with E-state index in [0.717, 1.165) is 19.4 Å². The van der Waals surface area contributed by atoms with Crippen LogP contribution >= 0.6 is 0 Å². The highest BCUT2D eigenvalue weighted by atomic mass is 16.5. The van der Waals surface area contributed by atoms with Crippen molar-refractivity contribution in [3.63, 3.8) is 0 Å². The van der Waals surface area contributed by atoms with E-state index in [1.54, 1.807) is 0 Å². The van der Waals surface area contributed by atoms with Gasteiger partial charge >= 0.3 is 6.09 Å². The largest absolute Gasteiger partial charge is 0.465 e. The van der Waals surface area contributed by atoms with Crippen LogP contribution in [0.3, 0.4) is 0 Å². The average molecular weight is 318 g/mol. The van der Waals surface area contributed by atoms with Gasteiger partial charge < -0.3 is 19.5 Å². The van der Waals surface area contributed by atoms with E-state index < -0.39 is 17.8 Å². The standard InChI is InChI=1S/C17H22N2O4/c20-12-15-11-18(10-14-4-2-1-3-5-14)13-17(23-15)6-8-19(9-7-17)16(21)22/h1-5,12,15H,6-11,13H2,(H,21,22). The number of amides is 1. The molecule has 1 unspecified atom stereocenters. The molecule has 3 rings (SSSR count). The monoisotopic (exact) mass is 318 g/mol. The van der Waals surface area contributed by atoms with E-state index in [-0.39, 0.29) is 0 Å². The summed E-state index contributed by atoms with van der Waals surface area (Å²) in [5.74, 6) is 0. The molecule has 6 nitrogen and oxygen atoms in total. The van der Waals surface area contributed by atoms with Gasteiger partial charge in [0, 0.05) is 32.7 Å². The fourth-order valence-electron chi connectivity index (χ4n) is 3.54. The number of nitrogens with zero attached hydrogens (tertiary/aromatic N) is 2. The van der Waals surface area contributed by atoms with Gasteiger partial charge in [-0.15, -0.1) is 0 Å². The zero-order valence-electron chi connectivity index (χ0n) is 13.1. The van der Waals surface area contributed by atoms with Crippen LogP contribution in [0, 0.1) is 0 Å².